The van der Waals surface area contributed by atoms with Gasteiger partial charge in [0, 0.05) is 17.3 Å². The first-order chi connectivity index (χ1) is 14.0. The Morgan fingerprint density at radius 3 is 2.31 bits per heavy atom. The van der Waals surface area contributed by atoms with Gasteiger partial charge in [-0.15, -0.1) is 0 Å². The van der Waals surface area contributed by atoms with E-state index in [-0.39, 0.29) is 23.1 Å². The van der Waals surface area contributed by atoms with Crippen molar-refractivity contribution in [2.45, 2.75) is 18.9 Å². The van der Waals surface area contributed by atoms with Gasteiger partial charge in [-0.25, -0.2) is 9.59 Å². The van der Waals surface area contributed by atoms with Crippen LogP contribution in [0.25, 0.3) is 0 Å². The number of esters is 2. The summed E-state index contributed by atoms with van der Waals surface area (Å²) in [6.07, 6.45) is 1.96. The van der Waals surface area contributed by atoms with E-state index in [1.54, 1.807) is 36.4 Å². The lowest BCUT2D eigenvalue weighted by atomic mass is 10.1. The molecular formula is C21H20N2O6. The quantitative estimate of drug-likeness (QED) is 0.694. The lowest BCUT2D eigenvalue weighted by Crippen LogP contribution is -2.25. The van der Waals surface area contributed by atoms with Crippen LogP contribution in [0.3, 0.4) is 0 Å². The zero-order chi connectivity index (χ0) is 20.8. The van der Waals surface area contributed by atoms with Crippen LogP contribution in [0.1, 0.15) is 43.9 Å². The van der Waals surface area contributed by atoms with Gasteiger partial charge in [-0.2, -0.15) is 0 Å². The van der Waals surface area contributed by atoms with Crippen molar-refractivity contribution >= 4 is 29.4 Å². The predicted octanol–water partition coefficient (Wildman–Crippen LogP) is 2.16. The summed E-state index contributed by atoms with van der Waals surface area (Å²) < 4.78 is 9.63. The molecule has 0 atom stereocenters. The molecule has 2 aromatic rings. The number of benzene rings is 2. The maximum absolute atomic E-state index is 12.2. The molecule has 0 heterocycles. The van der Waals surface area contributed by atoms with E-state index in [0.29, 0.717) is 11.3 Å². The maximum Gasteiger partial charge on any atom is 0.339 e. The largest absolute Gasteiger partial charge is 0.465 e. The highest BCUT2D eigenvalue weighted by atomic mass is 16.5. The smallest absolute Gasteiger partial charge is 0.339 e. The molecule has 2 aromatic carbocycles. The van der Waals surface area contributed by atoms with E-state index in [2.05, 4.69) is 15.4 Å². The summed E-state index contributed by atoms with van der Waals surface area (Å²) in [7, 11) is 1.21. The van der Waals surface area contributed by atoms with E-state index in [4.69, 9.17) is 4.74 Å². The molecule has 8 heteroatoms. The molecule has 1 aliphatic rings. The molecule has 150 valence electrons. The average Bonchev–Trinajstić information content (AvgIpc) is 3.55. The molecule has 2 N–H and O–H groups in total. The van der Waals surface area contributed by atoms with E-state index >= 15 is 0 Å². The Morgan fingerprint density at radius 1 is 0.966 bits per heavy atom. The van der Waals surface area contributed by atoms with E-state index < -0.39 is 24.5 Å². The standard InChI is InChI=1S/C21H20N2O6/c1-28-20(26)16-7-2-3-8-17(16)21(27)29-12-18(24)22-15-6-4-5-13(11-15)19(25)23-14-9-10-14/h2-8,11,14H,9-10,12H2,1H3,(H,22,24)(H,23,25). The van der Waals surface area contributed by atoms with Crippen molar-refractivity contribution in [1.29, 1.82) is 0 Å². The fourth-order valence-corrected chi connectivity index (χ4v) is 2.59. The molecule has 3 rings (SSSR count). The summed E-state index contributed by atoms with van der Waals surface area (Å²) in [5.74, 6) is -2.27. The number of rotatable bonds is 7. The van der Waals surface area contributed by atoms with Gasteiger partial charge in [0.2, 0.25) is 0 Å². The fourth-order valence-electron chi connectivity index (χ4n) is 2.59. The number of methoxy groups -OCH3 is 1. The monoisotopic (exact) mass is 396 g/mol. The van der Waals surface area contributed by atoms with Crippen LogP contribution in [-0.2, 0) is 14.3 Å². The van der Waals surface area contributed by atoms with Crippen molar-refractivity contribution in [3.05, 3.63) is 65.2 Å². The molecule has 0 aromatic heterocycles. The van der Waals surface area contributed by atoms with Gasteiger partial charge in [0.15, 0.2) is 6.61 Å². The number of nitrogens with one attached hydrogen (secondary N) is 2. The van der Waals surface area contributed by atoms with Crippen LogP contribution in [0.2, 0.25) is 0 Å². The fraction of sp³-hybridized carbons (Fsp3) is 0.238. The SMILES string of the molecule is COC(=O)c1ccccc1C(=O)OCC(=O)Nc1cccc(C(=O)NC2CC2)c1. The molecule has 0 radical (unpaired) electrons. The minimum atomic E-state index is -0.821. The summed E-state index contributed by atoms with van der Waals surface area (Å²) in [4.78, 5) is 48.2. The van der Waals surface area contributed by atoms with Gasteiger partial charge in [-0.05, 0) is 43.2 Å². The number of carbonyl (C=O) groups is 4. The third kappa shape index (κ3) is 5.41. The molecule has 0 bridgehead atoms. The molecule has 0 spiro atoms. The van der Waals surface area contributed by atoms with Crippen molar-refractivity contribution in [3.63, 3.8) is 0 Å². The first kappa shape index (κ1) is 20.1. The van der Waals surface area contributed by atoms with Gasteiger partial charge in [-0.1, -0.05) is 18.2 Å². The number of carbonyl (C=O) groups excluding carboxylic acids is 4. The van der Waals surface area contributed by atoms with Crippen molar-refractivity contribution in [3.8, 4) is 0 Å². The molecule has 0 aliphatic heterocycles. The Labute approximate surface area is 167 Å². The molecule has 2 amide bonds. The molecule has 1 saturated carbocycles. The number of hydrogen-bond donors (Lipinski definition) is 2. The summed E-state index contributed by atoms with van der Waals surface area (Å²) in [5, 5.41) is 5.44. The van der Waals surface area contributed by atoms with Crippen molar-refractivity contribution in [1.82, 2.24) is 5.32 Å². The van der Waals surface area contributed by atoms with Crippen molar-refractivity contribution in [2.24, 2.45) is 0 Å². The Morgan fingerprint density at radius 2 is 1.66 bits per heavy atom. The van der Waals surface area contributed by atoms with Crippen LogP contribution < -0.4 is 10.6 Å². The summed E-state index contributed by atoms with van der Waals surface area (Å²) in [6.45, 7) is -0.549. The first-order valence-corrected chi connectivity index (χ1v) is 9.03. The van der Waals surface area contributed by atoms with Crippen LogP contribution >= 0.6 is 0 Å². The molecular weight excluding hydrogens is 376 g/mol. The Hall–Kier alpha value is -3.68. The third-order valence-corrected chi connectivity index (χ3v) is 4.21. The molecule has 8 nitrogen and oxygen atoms in total. The summed E-state index contributed by atoms with van der Waals surface area (Å²) >= 11 is 0. The van der Waals surface area contributed by atoms with E-state index in [1.807, 2.05) is 0 Å². The van der Waals surface area contributed by atoms with Gasteiger partial charge in [0.25, 0.3) is 11.8 Å². The second kappa shape index (κ2) is 9.01. The third-order valence-electron chi connectivity index (χ3n) is 4.21. The lowest BCUT2D eigenvalue weighted by molar-refractivity contribution is -0.119. The zero-order valence-corrected chi connectivity index (χ0v) is 15.8. The van der Waals surface area contributed by atoms with Crippen LogP contribution in [0, 0.1) is 0 Å². The van der Waals surface area contributed by atoms with Crippen molar-refractivity contribution < 1.29 is 28.7 Å². The Balaban J connectivity index is 1.57. The molecule has 0 saturated heterocycles. The molecule has 1 fully saturated rings. The maximum atomic E-state index is 12.2. The second-order valence-electron chi connectivity index (χ2n) is 6.49. The highest BCUT2D eigenvalue weighted by molar-refractivity contribution is 6.04. The summed E-state index contributed by atoms with van der Waals surface area (Å²) in [5.41, 5.74) is 0.892. The highest BCUT2D eigenvalue weighted by Gasteiger charge is 2.24. The number of anilines is 1. The Bertz CT molecular complexity index is 952. The summed E-state index contributed by atoms with van der Waals surface area (Å²) in [6, 6.07) is 12.7. The van der Waals surface area contributed by atoms with Gasteiger partial charge in [0.05, 0.1) is 18.2 Å². The molecule has 1 aliphatic carbocycles. The van der Waals surface area contributed by atoms with Gasteiger partial charge >= 0.3 is 11.9 Å². The number of amides is 2. The number of ether oxygens (including phenoxy) is 2. The average molecular weight is 396 g/mol. The zero-order valence-electron chi connectivity index (χ0n) is 15.8. The lowest BCUT2D eigenvalue weighted by Gasteiger charge is -2.10. The van der Waals surface area contributed by atoms with E-state index in [0.717, 1.165) is 12.8 Å². The van der Waals surface area contributed by atoms with Crippen LogP contribution in [0.15, 0.2) is 48.5 Å². The minimum absolute atomic E-state index is 0.00546. The number of hydrogen-bond acceptors (Lipinski definition) is 6. The van der Waals surface area contributed by atoms with Crippen LogP contribution in [0.4, 0.5) is 5.69 Å². The normalized spacial score (nSPS) is 12.6. The van der Waals surface area contributed by atoms with Crippen molar-refractivity contribution in [2.75, 3.05) is 19.0 Å². The van der Waals surface area contributed by atoms with E-state index in [1.165, 1.54) is 19.2 Å². The van der Waals surface area contributed by atoms with Gasteiger partial charge in [-0.3, -0.25) is 9.59 Å². The Kier molecular flexibility index (Phi) is 6.23. The second-order valence-corrected chi connectivity index (χ2v) is 6.49. The van der Waals surface area contributed by atoms with Crippen LogP contribution in [-0.4, -0.2) is 43.5 Å². The predicted molar refractivity (Wildman–Crippen MR) is 104 cm³/mol. The van der Waals surface area contributed by atoms with Gasteiger partial charge in [0.1, 0.15) is 0 Å². The molecule has 0 unspecified atom stereocenters. The van der Waals surface area contributed by atoms with Crippen LogP contribution in [0.5, 0.6) is 0 Å². The van der Waals surface area contributed by atoms with Gasteiger partial charge < -0.3 is 20.1 Å². The van der Waals surface area contributed by atoms with E-state index in [9.17, 15) is 19.2 Å². The first-order valence-electron chi connectivity index (χ1n) is 9.03. The minimum Gasteiger partial charge on any atom is -0.465 e. The highest BCUT2D eigenvalue weighted by Crippen LogP contribution is 2.20. The topological polar surface area (TPSA) is 111 Å². The molecule has 29 heavy (non-hydrogen) atoms.